The number of nitrogens with two attached hydrogens (primary N) is 1. The minimum Gasteiger partial charge on any atom is -0.330 e. The largest absolute Gasteiger partial charge is 0.330 e. The molecule has 102 valence electrons. The van der Waals surface area contributed by atoms with Crippen molar-refractivity contribution in [3.63, 3.8) is 0 Å². The molecular weight excluding hydrogens is 280 g/mol. The lowest BCUT2D eigenvalue weighted by Crippen LogP contribution is -2.08. The molecule has 1 aromatic heterocycles. The molecule has 2 aromatic rings. The number of benzene rings is 1. The Kier molecular flexibility index (Phi) is 4.03. The number of nitrogens with zero attached hydrogens (tertiary/aromatic N) is 1. The van der Waals surface area contributed by atoms with Gasteiger partial charge in [0.05, 0.1) is 15.6 Å². The van der Waals surface area contributed by atoms with Gasteiger partial charge in [0.15, 0.2) is 9.84 Å². The van der Waals surface area contributed by atoms with Gasteiger partial charge in [-0.3, -0.25) is 0 Å². The number of hydrogen-bond donors (Lipinski definition) is 1. The van der Waals surface area contributed by atoms with Crippen molar-refractivity contribution in [3.05, 3.63) is 34.7 Å². The van der Waals surface area contributed by atoms with Crippen LogP contribution < -0.4 is 5.73 Å². The minimum absolute atomic E-state index is 0.244. The first-order chi connectivity index (χ1) is 8.91. The maximum Gasteiger partial charge on any atom is 0.175 e. The number of sulfone groups is 1. The number of rotatable bonds is 4. The van der Waals surface area contributed by atoms with E-state index in [0.717, 1.165) is 16.3 Å². The fraction of sp³-hybridized carbons (Fsp3) is 0.308. The molecule has 2 N–H and O–H groups in total. The van der Waals surface area contributed by atoms with Gasteiger partial charge in [-0.2, -0.15) is 0 Å². The van der Waals surface area contributed by atoms with Gasteiger partial charge in [-0.25, -0.2) is 13.4 Å². The monoisotopic (exact) mass is 296 g/mol. The van der Waals surface area contributed by atoms with Crippen molar-refractivity contribution in [1.29, 1.82) is 0 Å². The summed E-state index contributed by atoms with van der Waals surface area (Å²) in [5.41, 5.74) is 7.40. The summed E-state index contributed by atoms with van der Waals surface area (Å²) < 4.78 is 22.8. The van der Waals surface area contributed by atoms with Gasteiger partial charge in [-0.05, 0) is 12.1 Å². The van der Waals surface area contributed by atoms with E-state index < -0.39 is 9.84 Å². The molecule has 4 nitrogen and oxygen atoms in total. The van der Waals surface area contributed by atoms with Crippen LogP contribution in [0.25, 0.3) is 11.3 Å². The summed E-state index contributed by atoms with van der Waals surface area (Å²) in [6, 6.07) is 6.77. The van der Waals surface area contributed by atoms with Crippen molar-refractivity contribution < 1.29 is 8.42 Å². The van der Waals surface area contributed by atoms with Crippen molar-refractivity contribution in [2.45, 2.75) is 17.7 Å². The van der Waals surface area contributed by atoms with Crippen LogP contribution in [0.1, 0.15) is 17.8 Å². The highest BCUT2D eigenvalue weighted by atomic mass is 32.2. The van der Waals surface area contributed by atoms with Crippen molar-refractivity contribution in [2.24, 2.45) is 5.73 Å². The van der Waals surface area contributed by atoms with Gasteiger partial charge >= 0.3 is 0 Å². The lowest BCUT2D eigenvalue weighted by molar-refractivity contribution is 0.602. The summed E-state index contributed by atoms with van der Waals surface area (Å²) in [6.07, 6.45) is 1.20. The third kappa shape index (κ3) is 3.20. The molecule has 0 aliphatic heterocycles. The highest BCUT2D eigenvalue weighted by Gasteiger charge is 2.11. The first-order valence-electron chi connectivity index (χ1n) is 5.88. The molecule has 0 fully saturated rings. The van der Waals surface area contributed by atoms with Crippen LogP contribution in [0.2, 0.25) is 0 Å². The molecule has 1 atom stereocenters. The zero-order valence-corrected chi connectivity index (χ0v) is 12.5. The Balaban J connectivity index is 2.30. The Hall–Kier alpha value is -1.24. The predicted molar refractivity (Wildman–Crippen MR) is 78.1 cm³/mol. The predicted octanol–water partition coefficient (Wildman–Crippen LogP) is 2.28. The van der Waals surface area contributed by atoms with Gasteiger partial charge in [0, 0.05) is 29.7 Å². The Morgan fingerprint density at radius 1 is 1.32 bits per heavy atom. The lowest BCUT2D eigenvalue weighted by atomic mass is 10.1. The summed E-state index contributed by atoms with van der Waals surface area (Å²) in [7, 11) is -3.15. The normalized spacial score (nSPS) is 13.4. The zero-order valence-electron chi connectivity index (χ0n) is 10.8. The molecule has 1 unspecified atom stereocenters. The van der Waals surface area contributed by atoms with Crippen LogP contribution in [-0.4, -0.2) is 26.2 Å². The molecule has 0 bridgehead atoms. The van der Waals surface area contributed by atoms with E-state index in [9.17, 15) is 8.42 Å². The second-order valence-corrected chi connectivity index (χ2v) is 7.41. The molecule has 19 heavy (non-hydrogen) atoms. The van der Waals surface area contributed by atoms with E-state index in [-0.39, 0.29) is 5.92 Å². The molecule has 2 rings (SSSR count). The fourth-order valence-corrected chi connectivity index (χ4v) is 3.15. The maximum atomic E-state index is 11.4. The molecule has 0 saturated carbocycles. The van der Waals surface area contributed by atoms with Gasteiger partial charge in [-0.1, -0.05) is 19.1 Å². The van der Waals surface area contributed by atoms with Gasteiger partial charge in [0.2, 0.25) is 0 Å². The van der Waals surface area contributed by atoms with E-state index in [1.165, 1.54) is 6.26 Å². The van der Waals surface area contributed by atoms with Crippen LogP contribution >= 0.6 is 11.3 Å². The molecule has 0 radical (unpaired) electrons. The summed E-state index contributed by atoms with van der Waals surface area (Å²) >= 11 is 1.58. The van der Waals surface area contributed by atoms with Crippen LogP contribution in [0.3, 0.4) is 0 Å². The summed E-state index contributed by atoms with van der Waals surface area (Å²) in [6.45, 7) is 2.61. The molecule has 1 aromatic carbocycles. The molecule has 0 spiro atoms. The Morgan fingerprint density at radius 3 is 2.47 bits per heavy atom. The number of hydrogen-bond acceptors (Lipinski definition) is 5. The summed E-state index contributed by atoms with van der Waals surface area (Å²) in [4.78, 5) is 4.85. The molecule has 1 heterocycles. The fourth-order valence-electron chi connectivity index (χ4n) is 1.62. The molecular formula is C13H16N2O2S2. The molecule has 0 aliphatic carbocycles. The lowest BCUT2D eigenvalue weighted by Gasteiger charge is -2.03. The average Bonchev–Trinajstić information content (AvgIpc) is 2.86. The van der Waals surface area contributed by atoms with Crippen molar-refractivity contribution in [2.75, 3.05) is 12.8 Å². The Labute approximate surface area is 117 Å². The number of thiazole rings is 1. The highest BCUT2D eigenvalue weighted by molar-refractivity contribution is 7.90. The van der Waals surface area contributed by atoms with Gasteiger partial charge in [0.1, 0.15) is 0 Å². The average molecular weight is 296 g/mol. The van der Waals surface area contributed by atoms with Crippen molar-refractivity contribution >= 4 is 21.2 Å². The van der Waals surface area contributed by atoms with E-state index in [4.69, 9.17) is 5.73 Å². The van der Waals surface area contributed by atoms with Crippen LogP contribution in [0.5, 0.6) is 0 Å². The molecule has 0 amide bonds. The van der Waals surface area contributed by atoms with Crippen LogP contribution in [-0.2, 0) is 9.84 Å². The number of aromatic nitrogens is 1. The smallest absolute Gasteiger partial charge is 0.175 e. The second kappa shape index (κ2) is 5.40. The van der Waals surface area contributed by atoms with E-state index in [0.29, 0.717) is 11.4 Å². The first-order valence-corrected chi connectivity index (χ1v) is 8.65. The van der Waals surface area contributed by atoms with E-state index in [2.05, 4.69) is 4.98 Å². The first kappa shape index (κ1) is 14.2. The third-order valence-electron chi connectivity index (χ3n) is 2.88. The van der Waals surface area contributed by atoms with E-state index in [1.807, 2.05) is 12.3 Å². The van der Waals surface area contributed by atoms with Crippen LogP contribution in [0.4, 0.5) is 0 Å². The standard InChI is InChI=1S/C13H16N2O2S2/c1-9(7-14)13-15-12(8-18-13)10-3-5-11(6-4-10)19(2,16)17/h3-6,8-9H,7,14H2,1-2H3. The second-order valence-electron chi connectivity index (χ2n) is 4.50. The Morgan fingerprint density at radius 2 is 1.95 bits per heavy atom. The van der Waals surface area contributed by atoms with Crippen LogP contribution in [0, 0.1) is 0 Å². The van der Waals surface area contributed by atoms with E-state index in [1.54, 1.807) is 35.6 Å². The summed E-state index contributed by atoms with van der Waals surface area (Å²) in [5.74, 6) is 0.244. The maximum absolute atomic E-state index is 11.4. The van der Waals surface area contributed by atoms with Crippen molar-refractivity contribution in [3.8, 4) is 11.3 Å². The van der Waals surface area contributed by atoms with E-state index >= 15 is 0 Å². The molecule has 6 heteroatoms. The molecule has 0 aliphatic rings. The third-order valence-corrected chi connectivity index (χ3v) is 5.08. The van der Waals surface area contributed by atoms with Gasteiger partial charge in [0.25, 0.3) is 0 Å². The summed E-state index contributed by atoms with van der Waals surface area (Å²) in [5, 5.41) is 2.97. The molecule has 0 saturated heterocycles. The zero-order chi connectivity index (χ0) is 14.0. The van der Waals surface area contributed by atoms with Crippen molar-refractivity contribution in [1.82, 2.24) is 4.98 Å². The minimum atomic E-state index is -3.15. The highest BCUT2D eigenvalue weighted by Crippen LogP contribution is 2.26. The van der Waals surface area contributed by atoms with Gasteiger partial charge < -0.3 is 5.73 Å². The Bertz CT molecular complexity index is 660. The van der Waals surface area contributed by atoms with Gasteiger partial charge in [-0.15, -0.1) is 11.3 Å². The topological polar surface area (TPSA) is 73.0 Å². The quantitative estimate of drug-likeness (QED) is 0.939. The SMILES string of the molecule is CC(CN)c1nc(-c2ccc(S(C)(=O)=O)cc2)cs1. The van der Waals surface area contributed by atoms with Crippen LogP contribution in [0.15, 0.2) is 34.5 Å².